The number of rotatable bonds is 6. The molecule has 27 heavy (non-hydrogen) atoms. The molecule has 1 amide bonds. The lowest BCUT2D eigenvalue weighted by Gasteiger charge is -2.15. The van der Waals surface area contributed by atoms with Gasteiger partial charge in [-0.25, -0.2) is 4.98 Å². The Hall–Kier alpha value is -2.25. The zero-order valence-corrected chi connectivity index (χ0v) is 16.9. The second-order valence-corrected chi connectivity index (χ2v) is 7.95. The van der Waals surface area contributed by atoms with Crippen LogP contribution in [0.4, 0.5) is 0 Å². The molecule has 0 aliphatic rings. The molecule has 2 aromatic heterocycles. The van der Waals surface area contributed by atoms with Crippen LogP contribution in [0.15, 0.2) is 40.3 Å². The molecule has 0 fully saturated rings. The van der Waals surface area contributed by atoms with Crippen molar-refractivity contribution in [3.05, 3.63) is 57.0 Å². The highest BCUT2D eigenvalue weighted by Gasteiger charge is 2.16. The van der Waals surface area contributed by atoms with E-state index in [9.17, 15) is 9.59 Å². The van der Waals surface area contributed by atoms with Crippen LogP contribution in [0.1, 0.15) is 31.1 Å². The fourth-order valence-corrected chi connectivity index (χ4v) is 3.95. The summed E-state index contributed by atoms with van der Waals surface area (Å²) in [5.74, 6) is 0.0455. The van der Waals surface area contributed by atoms with E-state index in [4.69, 9.17) is 11.6 Å². The Balaban J connectivity index is 1.73. The van der Waals surface area contributed by atoms with Crippen molar-refractivity contribution in [1.29, 1.82) is 0 Å². The van der Waals surface area contributed by atoms with Crippen molar-refractivity contribution in [3.63, 3.8) is 0 Å². The molecule has 142 valence electrons. The number of aromatic nitrogens is 3. The molecule has 3 rings (SSSR count). The predicted molar refractivity (Wildman–Crippen MR) is 109 cm³/mol. The van der Waals surface area contributed by atoms with Crippen LogP contribution in [0.5, 0.6) is 0 Å². The molecule has 2 heterocycles. The van der Waals surface area contributed by atoms with Crippen molar-refractivity contribution in [3.8, 4) is 0 Å². The number of aromatic amines is 1. The van der Waals surface area contributed by atoms with Gasteiger partial charge >= 0.3 is 0 Å². The summed E-state index contributed by atoms with van der Waals surface area (Å²) in [6.45, 7) is 6.14. The fourth-order valence-electron chi connectivity index (χ4n) is 2.78. The Morgan fingerprint density at radius 1 is 1.37 bits per heavy atom. The standard InChI is InChI=1S/C19H21ClN4O2S/c1-11(2)24-18(26)17-15(7-12(3)22-17)23-19(24)27-10-16(25)21-9-13-5-4-6-14(20)8-13/h4-8,11,22H,9-10H2,1-3H3,(H,21,25). The minimum Gasteiger partial charge on any atom is -0.353 e. The van der Waals surface area contributed by atoms with Gasteiger partial charge < -0.3 is 10.3 Å². The van der Waals surface area contributed by atoms with E-state index in [0.29, 0.717) is 27.8 Å². The molecule has 0 unspecified atom stereocenters. The first-order valence-electron chi connectivity index (χ1n) is 8.61. The predicted octanol–water partition coefficient (Wildman–Crippen LogP) is 3.68. The number of hydrogen-bond acceptors (Lipinski definition) is 4. The maximum atomic E-state index is 12.8. The van der Waals surface area contributed by atoms with E-state index in [-0.39, 0.29) is 23.3 Å². The number of fused-ring (bicyclic) bond motifs is 1. The van der Waals surface area contributed by atoms with Crippen LogP contribution in [0, 0.1) is 6.92 Å². The molecule has 1 aromatic carbocycles. The summed E-state index contributed by atoms with van der Waals surface area (Å²) in [6.07, 6.45) is 0. The van der Waals surface area contributed by atoms with E-state index < -0.39 is 0 Å². The van der Waals surface area contributed by atoms with Gasteiger partial charge in [0, 0.05) is 23.3 Å². The number of halogens is 1. The van der Waals surface area contributed by atoms with Crippen LogP contribution in [0.25, 0.3) is 11.0 Å². The summed E-state index contributed by atoms with van der Waals surface area (Å²) >= 11 is 7.21. The summed E-state index contributed by atoms with van der Waals surface area (Å²) in [6, 6.07) is 9.13. The number of thioether (sulfide) groups is 1. The lowest BCUT2D eigenvalue weighted by molar-refractivity contribution is -0.118. The monoisotopic (exact) mass is 404 g/mol. The normalized spacial score (nSPS) is 11.3. The summed E-state index contributed by atoms with van der Waals surface area (Å²) in [5.41, 5.74) is 2.81. The SMILES string of the molecule is Cc1cc2nc(SCC(=O)NCc3cccc(Cl)c3)n(C(C)C)c(=O)c2[nH]1. The average molecular weight is 405 g/mol. The van der Waals surface area contributed by atoms with E-state index in [2.05, 4.69) is 15.3 Å². The highest BCUT2D eigenvalue weighted by Crippen LogP contribution is 2.21. The molecule has 0 aliphatic heterocycles. The van der Waals surface area contributed by atoms with Gasteiger partial charge in [-0.3, -0.25) is 14.2 Å². The third-order valence-corrected chi connectivity index (χ3v) is 5.20. The molecule has 8 heteroatoms. The number of nitrogens with one attached hydrogen (secondary N) is 2. The van der Waals surface area contributed by atoms with Gasteiger partial charge in [-0.2, -0.15) is 0 Å². The Bertz CT molecular complexity index is 1040. The Labute approximate surface area is 166 Å². The largest absolute Gasteiger partial charge is 0.353 e. The second-order valence-electron chi connectivity index (χ2n) is 6.57. The van der Waals surface area contributed by atoms with E-state index in [1.165, 1.54) is 11.8 Å². The maximum absolute atomic E-state index is 12.8. The molecule has 2 N–H and O–H groups in total. The molecule has 0 bridgehead atoms. The van der Waals surface area contributed by atoms with Crippen LogP contribution >= 0.6 is 23.4 Å². The summed E-state index contributed by atoms with van der Waals surface area (Å²) in [7, 11) is 0. The smallest absolute Gasteiger partial charge is 0.278 e. The van der Waals surface area contributed by atoms with Crippen molar-refractivity contribution in [2.24, 2.45) is 0 Å². The minimum absolute atomic E-state index is 0.0602. The van der Waals surface area contributed by atoms with E-state index in [1.54, 1.807) is 10.6 Å². The van der Waals surface area contributed by atoms with Gasteiger partial charge in [0.15, 0.2) is 5.16 Å². The Morgan fingerprint density at radius 3 is 2.85 bits per heavy atom. The zero-order valence-electron chi connectivity index (χ0n) is 15.4. The molecule has 0 spiro atoms. The molecule has 0 saturated heterocycles. The van der Waals surface area contributed by atoms with Crippen LogP contribution in [0.3, 0.4) is 0 Å². The summed E-state index contributed by atoms with van der Waals surface area (Å²) in [4.78, 5) is 32.6. The van der Waals surface area contributed by atoms with Gasteiger partial charge in [0.1, 0.15) is 5.52 Å². The highest BCUT2D eigenvalue weighted by atomic mass is 35.5. The Morgan fingerprint density at radius 2 is 2.15 bits per heavy atom. The van der Waals surface area contributed by atoms with Crippen molar-refractivity contribution < 1.29 is 4.79 Å². The first kappa shape index (κ1) is 19.5. The first-order chi connectivity index (χ1) is 12.8. The second kappa shape index (κ2) is 8.19. The molecule has 3 aromatic rings. The molecular weight excluding hydrogens is 384 g/mol. The third-order valence-electron chi connectivity index (χ3n) is 4.01. The topological polar surface area (TPSA) is 79.8 Å². The van der Waals surface area contributed by atoms with Gasteiger partial charge in [0.05, 0.1) is 11.3 Å². The van der Waals surface area contributed by atoms with Crippen molar-refractivity contribution >= 4 is 40.3 Å². The lowest BCUT2D eigenvalue weighted by Crippen LogP contribution is -2.27. The number of benzene rings is 1. The number of carbonyl (C=O) groups is 1. The molecule has 0 atom stereocenters. The zero-order chi connectivity index (χ0) is 19.6. The summed E-state index contributed by atoms with van der Waals surface area (Å²) in [5, 5.41) is 4.04. The van der Waals surface area contributed by atoms with Gasteiger partial charge in [0.25, 0.3) is 5.56 Å². The van der Waals surface area contributed by atoms with Gasteiger partial charge in [-0.1, -0.05) is 35.5 Å². The minimum atomic E-state index is -0.130. The van der Waals surface area contributed by atoms with Crippen LogP contribution in [-0.2, 0) is 11.3 Å². The Kier molecular flexibility index (Phi) is 5.92. The molecule has 6 nitrogen and oxygen atoms in total. The van der Waals surface area contributed by atoms with E-state index in [1.807, 2.05) is 45.0 Å². The number of H-pyrrole nitrogens is 1. The van der Waals surface area contributed by atoms with E-state index >= 15 is 0 Å². The highest BCUT2D eigenvalue weighted by molar-refractivity contribution is 7.99. The first-order valence-corrected chi connectivity index (χ1v) is 9.97. The average Bonchev–Trinajstić information content (AvgIpc) is 2.98. The molecular formula is C19H21ClN4O2S. The number of aryl methyl sites for hydroxylation is 1. The number of nitrogens with zero attached hydrogens (tertiary/aromatic N) is 2. The van der Waals surface area contributed by atoms with Crippen molar-refractivity contribution in [2.75, 3.05) is 5.75 Å². The summed E-state index contributed by atoms with van der Waals surface area (Å²) < 4.78 is 1.62. The molecule has 0 radical (unpaired) electrons. The maximum Gasteiger partial charge on any atom is 0.278 e. The number of hydrogen-bond donors (Lipinski definition) is 2. The van der Waals surface area contributed by atoms with Gasteiger partial charge in [-0.05, 0) is 44.5 Å². The van der Waals surface area contributed by atoms with Gasteiger partial charge in [-0.15, -0.1) is 0 Å². The van der Waals surface area contributed by atoms with Crippen molar-refractivity contribution in [2.45, 2.75) is 38.5 Å². The third kappa shape index (κ3) is 4.54. The van der Waals surface area contributed by atoms with Crippen molar-refractivity contribution in [1.82, 2.24) is 19.9 Å². The molecule has 0 saturated carbocycles. The number of amides is 1. The fraction of sp³-hybridized carbons (Fsp3) is 0.316. The van der Waals surface area contributed by atoms with Gasteiger partial charge in [0.2, 0.25) is 5.91 Å². The van der Waals surface area contributed by atoms with Crippen LogP contribution in [0.2, 0.25) is 5.02 Å². The van der Waals surface area contributed by atoms with Crippen LogP contribution < -0.4 is 10.9 Å². The van der Waals surface area contributed by atoms with Crippen LogP contribution in [-0.4, -0.2) is 26.2 Å². The quantitative estimate of drug-likeness (QED) is 0.485. The number of carbonyl (C=O) groups excluding carboxylic acids is 1. The molecule has 0 aliphatic carbocycles. The van der Waals surface area contributed by atoms with E-state index in [0.717, 1.165) is 11.3 Å². The lowest BCUT2D eigenvalue weighted by atomic mass is 10.2.